The van der Waals surface area contributed by atoms with Crippen molar-refractivity contribution in [3.05, 3.63) is 0 Å². The summed E-state index contributed by atoms with van der Waals surface area (Å²) in [5, 5.41) is 18.4. The number of Topliss-reactive ketones (excluding diaryl/α,β-unsaturated/α-hetero) is 1. The average molecular weight is 340 g/mol. The largest absolute Gasteiger partial charge is 0.373 e. The van der Waals surface area contributed by atoms with Gasteiger partial charge in [-0.05, 0) is 0 Å². The molecule has 0 saturated carbocycles. The zero-order valence-corrected chi connectivity index (χ0v) is 14.8. The van der Waals surface area contributed by atoms with Crippen molar-refractivity contribution in [1.82, 2.24) is 0 Å². The maximum absolute atomic E-state index is 9.77. The Morgan fingerprint density at radius 3 is 1.57 bits per heavy atom. The van der Waals surface area contributed by atoms with Crippen LogP contribution in [-0.4, -0.2) is 74.9 Å². The number of carbonyl (C=O) groups is 1. The van der Waals surface area contributed by atoms with Gasteiger partial charge in [-0.3, -0.25) is 4.79 Å². The number of terminal acetylenes is 1. The van der Waals surface area contributed by atoms with Gasteiger partial charge in [-0.15, -0.1) is 12.0 Å². The van der Waals surface area contributed by atoms with E-state index < -0.39 is 19.3 Å². The quantitative estimate of drug-likeness (QED) is 0.461. The molecule has 3 fully saturated rings. The molecule has 0 radical (unpaired) electrons. The Labute approximate surface area is 138 Å². The lowest BCUT2D eigenvalue weighted by atomic mass is 10.1. The van der Waals surface area contributed by atoms with E-state index in [1.54, 1.807) is 0 Å². The number of aliphatic hydroxyl groups is 2. The normalized spacial score (nSPS) is 22.7. The molecule has 128 valence electrons. The van der Waals surface area contributed by atoms with Gasteiger partial charge in [-0.2, -0.15) is 0 Å². The summed E-state index contributed by atoms with van der Waals surface area (Å²) in [7, 11) is -1.33. The van der Waals surface area contributed by atoms with Gasteiger partial charge in [0.05, 0.1) is 26.4 Å². The molecule has 23 heavy (non-hydrogen) atoms. The zero-order chi connectivity index (χ0) is 17.6. The zero-order valence-electron chi connectivity index (χ0n) is 13.8. The van der Waals surface area contributed by atoms with E-state index >= 15 is 0 Å². The van der Waals surface area contributed by atoms with E-state index in [-0.39, 0.29) is 5.78 Å². The lowest BCUT2D eigenvalue weighted by molar-refractivity contribution is -0.141. The maximum Gasteiger partial charge on any atom is 0.184 e. The highest BCUT2D eigenvalue weighted by atomic mass is 28.3. The molecule has 2 N–H and O–H groups in total. The Bertz CT molecular complexity index is 505. The van der Waals surface area contributed by atoms with Crippen molar-refractivity contribution >= 4 is 13.9 Å². The van der Waals surface area contributed by atoms with Crippen LogP contribution in [0.25, 0.3) is 0 Å². The number of rotatable bonds is 0. The van der Waals surface area contributed by atoms with Gasteiger partial charge in [-0.1, -0.05) is 31.5 Å². The second-order valence-electron chi connectivity index (χ2n) is 6.72. The third kappa shape index (κ3) is 7.75. The molecule has 3 heterocycles. The second-order valence-corrected chi connectivity index (χ2v) is 11.5. The lowest BCUT2D eigenvalue weighted by Gasteiger charge is -2.31. The van der Waals surface area contributed by atoms with E-state index in [1.165, 1.54) is 0 Å². The van der Waals surface area contributed by atoms with Crippen molar-refractivity contribution in [3.8, 4) is 23.8 Å². The second kappa shape index (κ2) is 8.07. The Hall–Kier alpha value is -1.19. The highest BCUT2D eigenvalue weighted by Crippen LogP contribution is 2.15. The number of ketones is 1. The summed E-state index contributed by atoms with van der Waals surface area (Å²) in [6.45, 7) is 8.51. The van der Waals surface area contributed by atoms with Crippen LogP contribution < -0.4 is 0 Å². The molecule has 0 unspecified atom stereocenters. The van der Waals surface area contributed by atoms with Gasteiger partial charge in [-0.25, -0.2) is 0 Å². The summed E-state index contributed by atoms with van der Waals surface area (Å²) < 4.78 is 14.0. The molecular formula is C16H24O6Si. The van der Waals surface area contributed by atoms with E-state index in [2.05, 4.69) is 46.5 Å². The topological polar surface area (TPSA) is 85.2 Å². The minimum Gasteiger partial charge on any atom is -0.373 e. The van der Waals surface area contributed by atoms with Crippen LogP contribution in [0, 0.1) is 23.8 Å². The van der Waals surface area contributed by atoms with Gasteiger partial charge in [0.25, 0.3) is 0 Å². The van der Waals surface area contributed by atoms with Crippen LogP contribution in [-0.2, 0) is 19.0 Å². The summed E-state index contributed by atoms with van der Waals surface area (Å²) >= 11 is 0. The van der Waals surface area contributed by atoms with Gasteiger partial charge in [0.15, 0.2) is 17.0 Å². The monoisotopic (exact) mass is 340 g/mol. The fraction of sp³-hybridized carbons (Fsp3) is 0.688. The molecule has 6 nitrogen and oxygen atoms in total. The van der Waals surface area contributed by atoms with E-state index in [0.29, 0.717) is 39.6 Å². The summed E-state index contributed by atoms with van der Waals surface area (Å²) in [6, 6.07) is 0. The maximum atomic E-state index is 9.77. The van der Waals surface area contributed by atoms with E-state index in [4.69, 9.17) is 16.3 Å². The molecular weight excluding hydrogens is 316 g/mol. The van der Waals surface area contributed by atoms with Crippen molar-refractivity contribution < 1.29 is 29.2 Å². The predicted octanol–water partition coefficient (Wildman–Crippen LogP) is -0.405. The minimum absolute atomic E-state index is 0.213. The SMILES string of the molecule is C#CC1(O)COC1.C[Si](C)(C)C#CC1(O)COC1.O=C1COC1. The van der Waals surface area contributed by atoms with Gasteiger partial charge in [0.2, 0.25) is 0 Å². The van der Waals surface area contributed by atoms with Gasteiger partial charge < -0.3 is 24.4 Å². The molecule has 0 aromatic heterocycles. The number of carbonyl (C=O) groups excluding carboxylic acids is 1. The first kappa shape index (κ1) is 19.9. The van der Waals surface area contributed by atoms with Crippen LogP contribution in [0.1, 0.15) is 0 Å². The molecule has 0 aromatic rings. The molecule has 3 saturated heterocycles. The number of hydrogen-bond acceptors (Lipinski definition) is 6. The third-order valence-electron chi connectivity index (χ3n) is 2.83. The van der Waals surface area contributed by atoms with Crippen molar-refractivity contribution in [1.29, 1.82) is 0 Å². The van der Waals surface area contributed by atoms with Crippen LogP contribution in [0.4, 0.5) is 0 Å². The summed E-state index contributed by atoms with van der Waals surface area (Å²) in [4.78, 5) is 9.77. The molecule has 0 bridgehead atoms. The Kier molecular flexibility index (Phi) is 6.96. The minimum atomic E-state index is -1.33. The van der Waals surface area contributed by atoms with Crippen molar-refractivity contribution in [2.75, 3.05) is 39.6 Å². The Balaban J connectivity index is 0.000000188. The van der Waals surface area contributed by atoms with E-state index in [1.807, 2.05) is 0 Å². The smallest absolute Gasteiger partial charge is 0.184 e. The van der Waals surface area contributed by atoms with Crippen molar-refractivity contribution in [3.63, 3.8) is 0 Å². The van der Waals surface area contributed by atoms with E-state index in [9.17, 15) is 9.90 Å². The van der Waals surface area contributed by atoms with Crippen LogP contribution >= 0.6 is 0 Å². The molecule has 3 aliphatic rings. The third-order valence-corrected chi connectivity index (χ3v) is 3.70. The van der Waals surface area contributed by atoms with Gasteiger partial charge in [0, 0.05) is 0 Å². The molecule has 3 aliphatic heterocycles. The number of hydrogen-bond donors (Lipinski definition) is 2. The van der Waals surface area contributed by atoms with Gasteiger partial charge >= 0.3 is 0 Å². The molecule has 0 amide bonds. The highest BCUT2D eigenvalue weighted by Gasteiger charge is 2.34. The fourth-order valence-electron chi connectivity index (χ4n) is 1.24. The first-order chi connectivity index (χ1) is 10.6. The molecule has 0 aromatic carbocycles. The van der Waals surface area contributed by atoms with Crippen LogP contribution in [0.5, 0.6) is 0 Å². The highest BCUT2D eigenvalue weighted by molar-refractivity contribution is 6.83. The van der Waals surface area contributed by atoms with Crippen molar-refractivity contribution in [2.45, 2.75) is 30.8 Å². The van der Waals surface area contributed by atoms with Crippen LogP contribution in [0.15, 0.2) is 0 Å². The summed E-state index contributed by atoms with van der Waals surface area (Å²) in [5.74, 6) is 5.30. The lowest BCUT2D eigenvalue weighted by Crippen LogP contribution is -2.48. The molecule has 0 spiro atoms. The molecule has 3 rings (SSSR count). The first-order valence-corrected chi connectivity index (χ1v) is 10.8. The first-order valence-electron chi connectivity index (χ1n) is 7.29. The van der Waals surface area contributed by atoms with Crippen molar-refractivity contribution in [2.24, 2.45) is 0 Å². The summed E-state index contributed by atoms with van der Waals surface area (Å²) in [5.41, 5.74) is 1.37. The fourth-order valence-corrected chi connectivity index (χ4v) is 1.84. The molecule has 0 atom stereocenters. The standard InChI is InChI=1S/C8H14O2Si.C5H6O2.C3H4O2/c1-11(2,3)5-4-8(9)6-10-7-8;1-2-5(6)3-7-4-5;4-3-1-5-2-3/h9H,6-7H2,1-3H3;1,6H,3-4H2;1-2H2. The average Bonchev–Trinajstić information content (AvgIpc) is 2.39. The molecule has 0 aliphatic carbocycles. The summed E-state index contributed by atoms with van der Waals surface area (Å²) in [6.07, 6.45) is 4.89. The number of ether oxygens (including phenoxy) is 3. The van der Waals surface area contributed by atoms with Crippen LogP contribution in [0.3, 0.4) is 0 Å². The van der Waals surface area contributed by atoms with Crippen LogP contribution in [0.2, 0.25) is 19.6 Å². The Morgan fingerprint density at radius 2 is 1.43 bits per heavy atom. The predicted molar refractivity (Wildman–Crippen MR) is 87.3 cm³/mol. The Morgan fingerprint density at radius 1 is 1.00 bits per heavy atom. The van der Waals surface area contributed by atoms with E-state index in [0.717, 1.165) is 0 Å². The van der Waals surface area contributed by atoms with Gasteiger partial charge in [0.1, 0.15) is 21.3 Å². The molecule has 7 heteroatoms.